The highest BCUT2D eigenvalue weighted by Gasteiger charge is 2.13. The molecule has 0 atom stereocenters. The number of hydrogen-bond donors (Lipinski definition) is 2. The third-order valence-electron chi connectivity index (χ3n) is 3.67. The molecule has 1 aliphatic carbocycles. The first-order valence-electron chi connectivity index (χ1n) is 7.24. The van der Waals surface area contributed by atoms with Crippen LogP contribution in [0.25, 0.3) is 0 Å². The largest absolute Gasteiger partial charge is 0.356 e. The fourth-order valence-corrected chi connectivity index (χ4v) is 2.61. The van der Waals surface area contributed by atoms with Gasteiger partial charge in [-0.2, -0.15) is 0 Å². The summed E-state index contributed by atoms with van der Waals surface area (Å²) < 4.78 is 0. The zero-order valence-electron chi connectivity index (χ0n) is 11.3. The van der Waals surface area contributed by atoms with Crippen molar-refractivity contribution in [3.63, 3.8) is 0 Å². The van der Waals surface area contributed by atoms with Crippen molar-refractivity contribution in [3.05, 3.63) is 0 Å². The van der Waals surface area contributed by atoms with Crippen LogP contribution in [0, 0.1) is 5.92 Å². The van der Waals surface area contributed by atoms with E-state index in [-0.39, 0.29) is 5.91 Å². The third-order valence-corrected chi connectivity index (χ3v) is 3.67. The molecule has 0 aromatic heterocycles. The standard InChI is InChI=1S/C14H28N2O/c1-15-11-6-12-16-14(17)10-5-9-13-7-3-2-4-8-13/h13,15H,2-12H2,1H3,(H,16,17). The minimum Gasteiger partial charge on any atom is -0.356 e. The van der Waals surface area contributed by atoms with Crippen molar-refractivity contribution in [1.82, 2.24) is 10.6 Å². The van der Waals surface area contributed by atoms with E-state index in [4.69, 9.17) is 0 Å². The van der Waals surface area contributed by atoms with Gasteiger partial charge in [0.05, 0.1) is 0 Å². The lowest BCUT2D eigenvalue weighted by atomic mass is 9.86. The number of nitrogens with one attached hydrogen (secondary N) is 2. The van der Waals surface area contributed by atoms with Gasteiger partial charge in [-0.3, -0.25) is 4.79 Å². The first kappa shape index (κ1) is 14.5. The smallest absolute Gasteiger partial charge is 0.219 e. The fraction of sp³-hybridized carbons (Fsp3) is 0.929. The van der Waals surface area contributed by atoms with Gasteiger partial charge in [-0.1, -0.05) is 32.1 Å². The van der Waals surface area contributed by atoms with E-state index in [2.05, 4.69) is 10.6 Å². The molecule has 0 bridgehead atoms. The number of rotatable bonds is 8. The molecule has 17 heavy (non-hydrogen) atoms. The van der Waals surface area contributed by atoms with Crippen LogP contribution in [0.5, 0.6) is 0 Å². The Morgan fingerprint density at radius 3 is 2.59 bits per heavy atom. The second-order valence-electron chi connectivity index (χ2n) is 5.20. The molecule has 1 aliphatic rings. The predicted octanol–water partition coefficient (Wildman–Crippen LogP) is 2.46. The summed E-state index contributed by atoms with van der Waals surface area (Å²) in [6.07, 6.45) is 11.1. The molecule has 3 heteroatoms. The topological polar surface area (TPSA) is 41.1 Å². The van der Waals surface area contributed by atoms with Crippen LogP contribution in [0.15, 0.2) is 0 Å². The molecule has 0 aromatic carbocycles. The van der Waals surface area contributed by atoms with E-state index in [9.17, 15) is 4.79 Å². The average Bonchev–Trinajstić information content (AvgIpc) is 2.36. The maximum Gasteiger partial charge on any atom is 0.219 e. The highest BCUT2D eigenvalue weighted by molar-refractivity contribution is 5.75. The Kier molecular flexibility index (Phi) is 8.06. The fourth-order valence-electron chi connectivity index (χ4n) is 2.61. The molecule has 2 N–H and O–H groups in total. The van der Waals surface area contributed by atoms with Gasteiger partial charge in [0.15, 0.2) is 0 Å². The van der Waals surface area contributed by atoms with E-state index in [1.54, 1.807) is 0 Å². The molecule has 3 nitrogen and oxygen atoms in total. The van der Waals surface area contributed by atoms with Gasteiger partial charge in [0.25, 0.3) is 0 Å². The van der Waals surface area contributed by atoms with Gasteiger partial charge in [0, 0.05) is 13.0 Å². The summed E-state index contributed by atoms with van der Waals surface area (Å²) in [7, 11) is 1.94. The molecule has 0 spiro atoms. The van der Waals surface area contributed by atoms with Crippen molar-refractivity contribution in [2.24, 2.45) is 5.92 Å². The first-order valence-corrected chi connectivity index (χ1v) is 7.24. The second kappa shape index (κ2) is 9.46. The maximum atomic E-state index is 11.5. The van der Waals surface area contributed by atoms with Crippen LogP contribution in [-0.2, 0) is 4.79 Å². The summed E-state index contributed by atoms with van der Waals surface area (Å²) >= 11 is 0. The third kappa shape index (κ3) is 7.37. The summed E-state index contributed by atoms with van der Waals surface area (Å²) in [5.41, 5.74) is 0. The number of carbonyl (C=O) groups excluding carboxylic acids is 1. The van der Waals surface area contributed by atoms with Crippen LogP contribution in [0.4, 0.5) is 0 Å². The highest BCUT2D eigenvalue weighted by Crippen LogP contribution is 2.27. The molecule has 0 heterocycles. The SMILES string of the molecule is CNCCCNC(=O)CCCC1CCCCC1. The molecule has 0 unspecified atom stereocenters. The normalized spacial score (nSPS) is 17.0. The minimum atomic E-state index is 0.233. The Morgan fingerprint density at radius 1 is 1.12 bits per heavy atom. The number of amides is 1. The van der Waals surface area contributed by atoms with Crippen molar-refractivity contribution in [2.75, 3.05) is 20.1 Å². The van der Waals surface area contributed by atoms with E-state index >= 15 is 0 Å². The van der Waals surface area contributed by atoms with Crippen molar-refractivity contribution in [3.8, 4) is 0 Å². The Morgan fingerprint density at radius 2 is 1.88 bits per heavy atom. The highest BCUT2D eigenvalue weighted by atomic mass is 16.1. The zero-order valence-corrected chi connectivity index (χ0v) is 11.3. The predicted molar refractivity (Wildman–Crippen MR) is 72.0 cm³/mol. The minimum absolute atomic E-state index is 0.233. The molecule has 0 aliphatic heterocycles. The second-order valence-corrected chi connectivity index (χ2v) is 5.20. The van der Waals surface area contributed by atoms with Gasteiger partial charge in [-0.05, 0) is 38.8 Å². The van der Waals surface area contributed by atoms with E-state index in [0.29, 0.717) is 0 Å². The Hall–Kier alpha value is -0.570. The van der Waals surface area contributed by atoms with Gasteiger partial charge in [0.1, 0.15) is 0 Å². The molecular formula is C14H28N2O. The lowest BCUT2D eigenvalue weighted by Crippen LogP contribution is -2.26. The van der Waals surface area contributed by atoms with Crippen LogP contribution in [0.1, 0.15) is 57.8 Å². The van der Waals surface area contributed by atoms with Gasteiger partial charge in [-0.15, -0.1) is 0 Å². The number of carbonyl (C=O) groups is 1. The summed E-state index contributed by atoms with van der Waals surface area (Å²) in [5.74, 6) is 1.14. The quantitative estimate of drug-likeness (QED) is 0.640. The van der Waals surface area contributed by atoms with E-state index in [1.807, 2.05) is 7.05 Å². The van der Waals surface area contributed by atoms with Crippen molar-refractivity contribution in [1.29, 1.82) is 0 Å². The molecule has 1 rings (SSSR count). The lowest BCUT2D eigenvalue weighted by molar-refractivity contribution is -0.121. The Balaban J connectivity index is 1.92. The monoisotopic (exact) mass is 240 g/mol. The van der Waals surface area contributed by atoms with Crippen LogP contribution in [0.3, 0.4) is 0 Å². The summed E-state index contributed by atoms with van der Waals surface area (Å²) in [6, 6.07) is 0. The molecule has 0 aromatic rings. The van der Waals surface area contributed by atoms with Gasteiger partial charge >= 0.3 is 0 Å². The Bertz CT molecular complexity index is 200. The van der Waals surface area contributed by atoms with Crippen LogP contribution in [-0.4, -0.2) is 26.0 Å². The van der Waals surface area contributed by atoms with Crippen molar-refractivity contribution >= 4 is 5.91 Å². The molecule has 1 saturated carbocycles. The number of hydrogen-bond acceptors (Lipinski definition) is 2. The first-order chi connectivity index (χ1) is 8.33. The average molecular weight is 240 g/mol. The van der Waals surface area contributed by atoms with Crippen molar-refractivity contribution < 1.29 is 4.79 Å². The van der Waals surface area contributed by atoms with Gasteiger partial charge in [0.2, 0.25) is 5.91 Å². The lowest BCUT2D eigenvalue weighted by Gasteiger charge is -2.21. The van der Waals surface area contributed by atoms with Crippen LogP contribution < -0.4 is 10.6 Å². The summed E-state index contributed by atoms with van der Waals surface area (Å²) in [6.45, 7) is 1.78. The molecular weight excluding hydrogens is 212 g/mol. The molecule has 1 amide bonds. The molecule has 0 radical (unpaired) electrons. The molecule has 1 fully saturated rings. The van der Waals surface area contributed by atoms with Crippen LogP contribution >= 0.6 is 0 Å². The Labute approximate surface area is 106 Å². The van der Waals surface area contributed by atoms with Gasteiger partial charge < -0.3 is 10.6 Å². The van der Waals surface area contributed by atoms with E-state index in [0.717, 1.165) is 38.3 Å². The van der Waals surface area contributed by atoms with Crippen molar-refractivity contribution in [2.45, 2.75) is 57.8 Å². The summed E-state index contributed by atoms with van der Waals surface area (Å²) in [4.78, 5) is 11.5. The zero-order chi connectivity index (χ0) is 12.3. The van der Waals surface area contributed by atoms with E-state index in [1.165, 1.54) is 38.5 Å². The van der Waals surface area contributed by atoms with Gasteiger partial charge in [-0.25, -0.2) is 0 Å². The van der Waals surface area contributed by atoms with E-state index < -0.39 is 0 Å². The molecule has 100 valence electrons. The maximum absolute atomic E-state index is 11.5. The summed E-state index contributed by atoms with van der Waals surface area (Å²) in [5, 5.41) is 6.05. The van der Waals surface area contributed by atoms with Crippen LogP contribution in [0.2, 0.25) is 0 Å². The molecule has 0 saturated heterocycles.